The van der Waals surface area contributed by atoms with Crippen molar-refractivity contribution in [3.05, 3.63) is 23.8 Å². The molecule has 0 aromatic carbocycles. The van der Waals surface area contributed by atoms with Crippen LogP contribution in [-0.4, -0.2) is 47.4 Å². The van der Waals surface area contributed by atoms with Crippen molar-refractivity contribution in [1.29, 1.82) is 0 Å². The van der Waals surface area contributed by atoms with E-state index >= 15 is 0 Å². The fourth-order valence-corrected chi connectivity index (χ4v) is 1.14. The van der Waals surface area contributed by atoms with Crippen LogP contribution in [-0.2, 0) is 11.3 Å². The summed E-state index contributed by atoms with van der Waals surface area (Å²) in [6, 6.07) is 1.11. The highest BCUT2D eigenvalue weighted by Crippen LogP contribution is 2.14. The van der Waals surface area contributed by atoms with Crippen molar-refractivity contribution in [2.45, 2.75) is 12.8 Å². The van der Waals surface area contributed by atoms with Crippen molar-refractivity contribution >= 4 is 0 Å². The maximum atomic E-state index is 13.2. The summed E-state index contributed by atoms with van der Waals surface area (Å²) in [5, 5.41) is 18.7. The molecule has 0 aliphatic carbocycles. The van der Waals surface area contributed by atoms with Crippen LogP contribution in [0.25, 0.3) is 0 Å². The molecular formula is C10H15FN2O4. The maximum Gasteiger partial charge on any atom is 0.165 e. The molecule has 1 rings (SSSR count). The summed E-state index contributed by atoms with van der Waals surface area (Å²) < 4.78 is 23.3. The molecule has 6 nitrogen and oxygen atoms in total. The fraction of sp³-hybridized carbons (Fsp3) is 0.500. The van der Waals surface area contributed by atoms with Gasteiger partial charge in [-0.25, -0.2) is 4.39 Å². The molecule has 0 fully saturated rings. The van der Waals surface area contributed by atoms with Crippen LogP contribution in [0.5, 0.6) is 5.75 Å². The highest BCUT2D eigenvalue weighted by molar-refractivity contribution is 5.21. The first-order valence-electron chi connectivity index (χ1n) is 4.91. The van der Waals surface area contributed by atoms with Crippen LogP contribution in [0.4, 0.5) is 4.39 Å². The van der Waals surface area contributed by atoms with E-state index in [1.54, 1.807) is 0 Å². The number of methoxy groups -OCH3 is 1. The molecule has 0 radical (unpaired) electrons. The third kappa shape index (κ3) is 3.90. The van der Waals surface area contributed by atoms with E-state index < -0.39 is 18.7 Å². The quantitative estimate of drug-likeness (QED) is 0.558. The van der Waals surface area contributed by atoms with Gasteiger partial charge >= 0.3 is 0 Å². The largest absolute Gasteiger partial charge is 0.488 e. The van der Waals surface area contributed by atoms with Crippen LogP contribution >= 0.6 is 0 Å². The van der Waals surface area contributed by atoms with E-state index in [4.69, 9.17) is 19.8 Å². The number of hydrogen-bond donors (Lipinski definition) is 2. The van der Waals surface area contributed by atoms with Crippen LogP contribution in [0.3, 0.4) is 0 Å². The van der Waals surface area contributed by atoms with Crippen LogP contribution in [0, 0.1) is 5.82 Å². The smallest absolute Gasteiger partial charge is 0.165 e. The van der Waals surface area contributed by atoms with E-state index in [0.29, 0.717) is 0 Å². The predicted octanol–water partition coefficient (Wildman–Crippen LogP) is 0.385. The predicted molar refractivity (Wildman–Crippen MR) is 56.0 cm³/mol. The number of rotatable bonds is 6. The molecule has 1 aromatic rings. The molecule has 1 aromatic heterocycles. The summed E-state index contributed by atoms with van der Waals surface area (Å²) >= 11 is 0. The van der Waals surface area contributed by atoms with E-state index in [1.165, 1.54) is 20.4 Å². The molecule has 0 bridgehead atoms. The van der Waals surface area contributed by atoms with Crippen molar-refractivity contribution < 1.29 is 24.2 Å². The molecule has 0 saturated carbocycles. The molecule has 1 heterocycles. The molecule has 1 unspecified atom stereocenters. The fourth-order valence-electron chi connectivity index (χ4n) is 1.14. The first kappa shape index (κ1) is 13.8. The maximum absolute atomic E-state index is 13.2. The third-order valence-corrected chi connectivity index (χ3v) is 2.12. The van der Waals surface area contributed by atoms with Crippen LogP contribution in [0.15, 0.2) is 12.3 Å². The number of hydroxylamine groups is 2. The van der Waals surface area contributed by atoms with Crippen LogP contribution in [0.2, 0.25) is 0 Å². The molecule has 0 amide bonds. The topological polar surface area (TPSA) is 75.0 Å². The number of nitrogens with zero attached hydrogens (tertiary/aromatic N) is 2. The van der Waals surface area contributed by atoms with Crippen molar-refractivity contribution in [3.63, 3.8) is 0 Å². The van der Waals surface area contributed by atoms with Gasteiger partial charge in [-0.05, 0) is 0 Å². The van der Waals surface area contributed by atoms with Gasteiger partial charge in [0.05, 0.1) is 12.8 Å². The Bertz CT molecular complexity index is 362. The van der Waals surface area contributed by atoms with E-state index in [1.807, 2.05) is 0 Å². The summed E-state index contributed by atoms with van der Waals surface area (Å²) in [6.45, 7) is -0.449. The number of aliphatic hydroxyl groups excluding tert-OH is 1. The number of likely N-dealkylation sites (N-methyl/N-ethyl adjacent to an activating group) is 1. The molecule has 1 atom stereocenters. The van der Waals surface area contributed by atoms with E-state index in [2.05, 4.69) is 4.98 Å². The second-order valence-corrected chi connectivity index (χ2v) is 3.33. The standard InChI is InChI=1S/C10H15FN2O4/c1-13(15)10(16-2)6-17-7-3-8(11)9(5-14)12-4-7/h3-4,10,14-15H,5-6H2,1-2H3. The summed E-state index contributed by atoms with van der Waals surface area (Å²) in [5.74, 6) is -0.445. The second-order valence-electron chi connectivity index (χ2n) is 3.33. The number of halogens is 1. The average molecular weight is 246 g/mol. The summed E-state index contributed by atoms with van der Waals surface area (Å²) in [4.78, 5) is 3.68. The van der Waals surface area contributed by atoms with Gasteiger partial charge in [-0.2, -0.15) is 5.06 Å². The zero-order chi connectivity index (χ0) is 12.8. The van der Waals surface area contributed by atoms with E-state index in [-0.39, 0.29) is 18.1 Å². The number of aliphatic hydroxyl groups is 1. The minimum Gasteiger partial charge on any atom is -0.488 e. The van der Waals surface area contributed by atoms with Crippen LogP contribution < -0.4 is 4.74 Å². The Morgan fingerprint density at radius 3 is 2.76 bits per heavy atom. The number of ether oxygens (including phenoxy) is 2. The lowest BCUT2D eigenvalue weighted by Gasteiger charge is -2.20. The molecule has 96 valence electrons. The highest BCUT2D eigenvalue weighted by Gasteiger charge is 2.13. The lowest BCUT2D eigenvalue weighted by atomic mass is 10.3. The van der Waals surface area contributed by atoms with Gasteiger partial charge in [0.2, 0.25) is 0 Å². The molecule has 0 aliphatic rings. The number of pyridine rings is 1. The minimum atomic E-state index is -0.657. The van der Waals surface area contributed by atoms with Crippen molar-refractivity contribution in [1.82, 2.24) is 10.0 Å². The summed E-state index contributed by atoms with van der Waals surface area (Å²) in [6.07, 6.45) is 0.634. The Balaban J connectivity index is 2.60. The van der Waals surface area contributed by atoms with Gasteiger partial charge in [-0.3, -0.25) is 4.98 Å². The highest BCUT2D eigenvalue weighted by atomic mass is 19.1. The molecule has 7 heteroatoms. The van der Waals surface area contributed by atoms with Gasteiger partial charge in [0.1, 0.15) is 18.1 Å². The Labute approximate surface area is 98.2 Å². The molecular weight excluding hydrogens is 231 g/mol. The van der Waals surface area contributed by atoms with Crippen molar-refractivity contribution in [2.75, 3.05) is 20.8 Å². The number of hydrogen-bond acceptors (Lipinski definition) is 6. The molecule has 17 heavy (non-hydrogen) atoms. The van der Waals surface area contributed by atoms with Gasteiger partial charge in [-0.1, -0.05) is 0 Å². The van der Waals surface area contributed by atoms with Crippen molar-refractivity contribution in [3.8, 4) is 5.75 Å². The monoisotopic (exact) mass is 246 g/mol. The number of aromatic nitrogens is 1. The first-order chi connectivity index (χ1) is 8.08. The normalized spacial score (nSPS) is 12.8. The van der Waals surface area contributed by atoms with Gasteiger partial charge < -0.3 is 19.8 Å². The van der Waals surface area contributed by atoms with Gasteiger partial charge in [0.25, 0.3) is 0 Å². The first-order valence-corrected chi connectivity index (χ1v) is 4.91. The molecule has 0 saturated heterocycles. The van der Waals surface area contributed by atoms with Crippen LogP contribution in [0.1, 0.15) is 5.69 Å². The summed E-state index contributed by atoms with van der Waals surface area (Å²) in [5.41, 5.74) is -0.0417. The SMILES string of the molecule is COC(COc1cnc(CO)c(F)c1)N(C)O. The Morgan fingerprint density at radius 1 is 1.59 bits per heavy atom. The second kappa shape index (κ2) is 6.45. The minimum absolute atomic E-state index is 0.0170. The average Bonchev–Trinajstić information content (AvgIpc) is 2.29. The zero-order valence-corrected chi connectivity index (χ0v) is 9.63. The Hall–Kier alpha value is -1.28. The molecule has 2 N–H and O–H groups in total. The Morgan fingerprint density at radius 2 is 2.29 bits per heavy atom. The van der Waals surface area contributed by atoms with Gasteiger partial charge in [-0.15, -0.1) is 0 Å². The van der Waals surface area contributed by atoms with Crippen molar-refractivity contribution in [2.24, 2.45) is 0 Å². The Kier molecular flexibility index (Phi) is 5.23. The molecule has 0 aliphatic heterocycles. The zero-order valence-electron chi connectivity index (χ0n) is 9.63. The van der Waals surface area contributed by atoms with Gasteiger partial charge in [0.15, 0.2) is 12.0 Å². The van der Waals surface area contributed by atoms with E-state index in [9.17, 15) is 4.39 Å². The lowest BCUT2D eigenvalue weighted by Crippen LogP contribution is -2.35. The molecule has 0 spiro atoms. The van der Waals surface area contributed by atoms with E-state index in [0.717, 1.165) is 11.1 Å². The summed E-state index contributed by atoms with van der Waals surface area (Å²) in [7, 11) is 2.82. The lowest BCUT2D eigenvalue weighted by molar-refractivity contribution is -0.198. The van der Waals surface area contributed by atoms with Gasteiger partial charge in [0, 0.05) is 20.2 Å². The third-order valence-electron chi connectivity index (χ3n) is 2.12.